The molecule has 0 bridgehead atoms. The number of carbonyl (C=O) groups excluding carboxylic acids is 2. The summed E-state index contributed by atoms with van der Waals surface area (Å²) >= 11 is 1.46. The maximum absolute atomic E-state index is 12.4. The molecular weight excluding hydrogens is 528 g/mol. The minimum Gasteiger partial charge on any atom is -0.508 e. The van der Waals surface area contributed by atoms with Crippen molar-refractivity contribution in [3.63, 3.8) is 0 Å². The van der Waals surface area contributed by atoms with Crippen LogP contribution in [0.4, 0.5) is 0 Å². The highest BCUT2D eigenvalue weighted by Crippen LogP contribution is 2.33. The maximum Gasteiger partial charge on any atom is 0.344 e. The summed E-state index contributed by atoms with van der Waals surface area (Å²) in [6.45, 7) is 1.86. The van der Waals surface area contributed by atoms with Crippen molar-refractivity contribution in [2.45, 2.75) is 16.4 Å². The predicted molar refractivity (Wildman–Crippen MR) is 140 cm³/mol. The molecule has 0 radical (unpaired) electrons. The fraction of sp³-hybridized carbons (Fsp3) is 0.0357. The molecule has 0 atom stereocenters. The zero-order valence-electron chi connectivity index (χ0n) is 20.1. The van der Waals surface area contributed by atoms with Crippen LogP contribution in [0.15, 0.2) is 94.7 Å². The van der Waals surface area contributed by atoms with E-state index in [0.717, 1.165) is 15.9 Å². The predicted octanol–water partition coefficient (Wildman–Crippen LogP) is 5.76. The summed E-state index contributed by atoms with van der Waals surface area (Å²) < 4.78 is 11.1. The molecule has 0 aliphatic carbocycles. The average Bonchev–Trinajstić information content (AvgIpc) is 2.93. The number of aromatic hydroxyl groups is 2. The number of rotatable bonds is 9. The zero-order valence-corrected chi connectivity index (χ0v) is 21.0. The standard InChI is InChI=1S/C27H20O9S.CH2O/c28-17-2-12-25(16(13-17)15-34-33)35-19-3-7-21(8-4-19)37-22-9-5-20(6-10-22)36-27(32)23-11-1-18(29)14-24(23)26(30)31;1-2/h1-14,28-29,33H,15H2,(H,30,31);1H2. The number of carboxylic acids is 1. The molecule has 11 heteroatoms. The Bertz CT molecular complexity index is 1440. The Morgan fingerprint density at radius 1 is 0.744 bits per heavy atom. The fourth-order valence-corrected chi connectivity index (χ4v) is 4.13. The number of hydrogen-bond acceptors (Lipinski definition) is 10. The molecule has 0 amide bonds. The van der Waals surface area contributed by atoms with Crippen molar-refractivity contribution in [1.29, 1.82) is 0 Å². The van der Waals surface area contributed by atoms with Crippen molar-refractivity contribution in [1.82, 2.24) is 0 Å². The second-order valence-corrected chi connectivity index (χ2v) is 8.78. The molecule has 0 unspecified atom stereocenters. The Hall–Kier alpha value is -4.84. The molecule has 0 aliphatic heterocycles. The van der Waals surface area contributed by atoms with E-state index in [0.29, 0.717) is 17.1 Å². The Morgan fingerprint density at radius 2 is 1.31 bits per heavy atom. The lowest BCUT2D eigenvalue weighted by Gasteiger charge is -2.11. The molecule has 0 saturated carbocycles. The van der Waals surface area contributed by atoms with Gasteiger partial charge < -0.3 is 29.6 Å². The van der Waals surface area contributed by atoms with E-state index in [1.807, 2.05) is 18.9 Å². The molecule has 4 N–H and O–H groups in total. The van der Waals surface area contributed by atoms with Gasteiger partial charge in [-0.3, -0.25) is 5.26 Å². The normalized spacial score (nSPS) is 10.2. The van der Waals surface area contributed by atoms with Crippen LogP contribution in [0.3, 0.4) is 0 Å². The SMILES string of the molecule is C=O.O=C(O)c1cc(O)ccc1C(=O)Oc1ccc(Sc2ccc(Oc3ccc(O)cc3COO)cc2)cc1. The van der Waals surface area contributed by atoms with Crippen molar-refractivity contribution in [2.75, 3.05) is 0 Å². The summed E-state index contributed by atoms with van der Waals surface area (Å²) in [4.78, 5) is 37.8. The Morgan fingerprint density at radius 3 is 1.90 bits per heavy atom. The summed E-state index contributed by atoms with van der Waals surface area (Å²) in [5.74, 6) is -1.23. The molecule has 0 fully saturated rings. The van der Waals surface area contributed by atoms with Gasteiger partial charge in [-0.05, 0) is 84.9 Å². The molecule has 0 aromatic heterocycles. The molecule has 200 valence electrons. The highest BCUT2D eigenvalue weighted by Gasteiger charge is 2.19. The molecule has 0 saturated heterocycles. The van der Waals surface area contributed by atoms with Crippen molar-refractivity contribution in [3.05, 3.63) is 102 Å². The molecule has 4 aromatic rings. The number of phenols is 2. The summed E-state index contributed by atoms with van der Waals surface area (Å²) in [6.07, 6.45) is 0. The van der Waals surface area contributed by atoms with Crippen LogP contribution in [0.1, 0.15) is 26.3 Å². The number of ether oxygens (including phenoxy) is 2. The first kappa shape index (κ1) is 28.7. The number of esters is 1. The van der Waals surface area contributed by atoms with Gasteiger partial charge in [0.15, 0.2) is 0 Å². The molecular formula is C28H22O10S. The summed E-state index contributed by atoms with van der Waals surface area (Å²) in [7, 11) is 0. The highest BCUT2D eigenvalue weighted by atomic mass is 32.2. The van der Waals surface area contributed by atoms with Gasteiger partial charge >= 0.3 is 11.9 Å². The quantitative estimate of drug-likeness (QED) is 0.0868. The Labute approximate surface area is 226 Å². The monoisotopic (exact) mass is 550 g/mol. The van der Waals surface area contributed by atoms with Crippen LogP contribution in [0.2, 0.25) is 0 Å². The molecule has 10 nitrogen and oxygen atoms in total. The number of hydrogen-bond donors (Lipinski definition) is 4. The van der Waals surface area contributed by atoms with Gasteiger partial charge in [0.2, 0.25) is 0 Å². The molecule has 0 aliphatic rings. The van der Waals surface area contributed by atoms with Crippen LogP contribution in [0, 0.1) is 0 Å². The number of benzene rings is 4. The highest BCUT2D eigenvalue weighted by molar-refractivity contribution is 7.99. The summed E-state index contributed by atoms with van der Waals surface area (Å²) in [5.41, 5.74) is -0.0475. The largest absolute Gasteiger partial charge is 0.508 e. The second kappa shape index (κ2) is 13.6. The molecule has 4 aromatic carbocycles. The molecule has 4 rings (SSSR count). The fourth-order valence-electron chi connectivity index (χ4n) is 3.31. The van der Waals surface area contributed by atoms with Crippen LogP contribution in [-0.4, -0.2) is 39.3 Å². The zero-order chi connectivity index (χ0) is 28.4. The van der Waals surface area contributed by atoms with Crippen molar-refractivity contribution in [3.8, 4) is 28.7 Å². The Kier molecular flexibility index (Phi) is 10.0. The molecule has 0 heterocycles. The van der Waals surface area contributed by atoms with Gasteiger partial charge in [0, 0.05) is 15.4 Å². The van der Waals surface area contributed by atoms with E-state index >= 15 is 0 Å². The summed E-state index contributed by atoms with van der Waals surface area (Å²) in [5, 5.41) is 37.1. The molecule has 0 spiro atoms. The van der Waals surface area contributed by atoms with Gasteiger partial charge in [0.05, 0.1) is 11.1 Å². The smallest absolute Gasteiger partial charge is 0.344 e. The van der Waals surface area contributed by atoms with Crippen LogP contribution in [0.5, 0.6) is 28.7 Å². The van der Waals surface area contributed by atoms with Gasteiger partial charge in [0.1, 0.15) is 42.1 Å². The van der Waals surface area contributed by atoms with Crippen molar-refractivity contribution >= 4 is 30.5 Å². The molecule has 39 heavy (non-hydrogen) atoms. The third-order valence-electron chi connectivity index (χ3n) is 5.04. The number of carboxylic acid groups (broad SMARTS) is 1. The van der Waals surface area contributed by atoms with E-state index in [1.54, 1.807) is 42.5 Å². The third kappa shape index (κ3) is 7.82. The van der Waals surface area contributed by atoms with E-state index in [4.69, 9.17) is 19.5 Å². The second-order valence-electron chi connectivity index (χ2n) is 7.64. The maximum atomic E-state index is 12.4. The van der Waals surface area contributed by atoms with Gasteiger partial charge in [-0.1, -0.05) is 11.8 Å². The number of aromatic carboxylic acids is 1. The lowest BCUT2D eigenvalue weighted by molar-refractivity contribution is -0.253. The van der Waals surface area contributed by atoms with Crippen LogP contribution >= 0.6 is 11.8 Å². The van der Waals surface area contributed by atoms with Crippen LogP contribution in [0.25, 0.3) is 0 Å². The topological polar surface area (TPSA) is 160 Å². The van der Waals surface area contributed by atoms with Crippen LogP contribution in [-0.2, 0) is 16.3 Å². The van der Waals surface area contributed by atoms with E-state index in [9.17, 15) is 24.9 Å². The van der Waals surface area contributed by atoms with Crippen molar-refractivity contribution in [2.24, 2.45) is 0 Å². The third-order valence-corrected chi connectivity index (χ3v) is 6.05. The van der Waals surface area contributed by atoms with Crippen molar-refractivity contribution < 1.29 is 49.3 Å². The first-order chi connectivity index (χ1) is 18.8. The first-order valence-electron chi connectivity index (χ1n) is 11.0. The van der Waals surface area contributed by atoms with E-state index in [-0.39, 0.29) is 35.0 Å². The van der Waals surface area contributed by atoms with Crippen LogP contribution < -0.4 is 9.47 Å². The number of phenolic OH excluding ortho intramolecular Hbond substituents is 2. The minimum absolute atomic E-state index is 0.0253. The lowest BCUT2D eigenvalue weighted by Crippen LogP contribution is -2.14. The minimum atomic E-state index is -1.35. The van der Waals surface area contributed by atoms with E-state index in [1.165, 1.54) is 36.0 Å². The van der Waals surface area contributed by atoms with E-state index in [2.05, 4.69) is 4.89 Å². The summed E-state index contributed by atoms with van der Waals surface area (Å²) in [6, 6.07) is 21.8. The average molecular weight is 551 g/mol. The Balaban J connectivity index is 0.00000205. The van der Waals surface area contributed by atoms with Gasteiger partial charge in [-0.25, -0.2) is 14.5 Å². The first-order valence-corrected chi connectivity index (χ1v) is 11.9. The van der Waals surface area contributed by atoms with Gasteiger partial charge in [0.25, 0.3) is 0 Å². The van der Waals surface area contributed by atoms with Gasteiger partial charge in [-0.15, -0.1) is 0 Å². The van der Waals surface area contributed by atoms with Gasteiger partial charge in [-0.2, -0.15) is 0 Å². The number of carbonyl (C=O) groups is 3. The van der Waals surface area contributed by atoms with E-state index < -0.39 is 11.9 Å². The lowest BCUT2D eigenvalue weighted by atomic mass is 10.1.